The zero-order valence-electron chi connectivity index (χ0n) is 20.0. The van der Waals surface area contributed by atoms with E-state index in [2.05, 4.69) is 46.4 Å². The number of aryl methyl sites for hydroxylation is 1. The van der Waals surface area contributed by atoms with Crippen LogP contribution in [-0.4, -0.2) is 76.2 Å². The largest absolute Gasteiger partial charge is 0.381 e. The Morgan fingerprint density at radius 3 is 2.59 bits per heavy atom. The average molecular weight is 444 g/mol. The molecule has 0 bridgehead atoms. The van der Waals surface area contributed by atoms with E-state index >= 15 is 0 Å². The molecule has 178 valence electrons. The molecular formula is C26H41N3O3. The molecule has 0 saturated carbocycles. The van der Waals surface area contributed by atoms with Crippen molar-refractivity contribution in [2.24, 2.45) is 4.99 Å². The normalized spacial score (nSPS) is 25.0. The molecule has 1 aromatic carbocycles. The SMILES string of the molecule is CN=C(NCC1(c2ccccc2C)CCOCC1)N1CCC(OCC2CCCCO2)CC1. The molecule has 4 rings (SSSR count). The number of hydrogen-bond donors (Lipinski definition) is 1. The Morgan fingerprint density at radius 1 is 1.12 bits per heavy atom. The fourth-order valence-corrected chi connectivity index (χ4v) is 5.47. The van der Waals surface area contributed by atoms with Crippen molar-refractivity contribution < 1.29 is 14.2 Å². The van der Waals surface area contributed by atoms with Gasteiger partial charge in [0.25, 0.3) is 0 Å². The predicted octanol–water partition coefficient (Wildman–Crippen LogP) is 3.67. The number of benzene rings is 1. The summed E-state index contributed by atoms with van der Waals surface area (Å²) in [5.41, 5.74) is 2.91. The van der Waals surface area contributed by atoms with Crippen molar-refractivity contribution in [2.75, 3.05) is 53.1 Å². The molecule has 0 spiro atoms. The molecule has 6 nitrogen and oxygen atoms in total. The van der Waals surface area contributed by atoms with Gasteiger partial charge in [-0.05, 0) is 63.0 Å². The number of hydrogen-bond acceptors (Lipinski definition) is 4. The van der Waals surface area contributed by atoms with Crippen LogP contribution in [0.15, 0.2) is 29.3 Å². The highest BCUT2D eigenvalue weighted by Crippen LogP contribution is 2.36. The van der Waals surface area contributed by atoms with Crippen molar-refractivity contribution >= 4 is 5.96 Å². The minimum atomic E-state index is 0.0982. The van der Waals surface area contributed by atoms with Crippen molar-refractivity contribution in [2.45, 2.75) is 69.5 Å². The van der Waals surface area contributed by atoms with Gasteiger partial charge in [-0.25, -0.2) is 0 Å². The number of rotatable bonds is 6. The standard InChI is InChI=1S/C26H41N3O3/c1-21-7-3-4-9-24(21)26(12-17-30-18-13-26)20-28-25(27-2)29-14-10-22(11-15-29)32-19-23-8-5-6-16-31-23/h3-4,7,9,22-23H,5-6,8,10-20H2,1-2H3,(H,27,28). The molecule has 3 heterocycles. The zero-order valence-corrected chi connectivity index (χ0v) is 20.0. The molecule has 0 aliphatic carbocycles. The monoisotopic (exact) mass is 443 g/mol. The molecular weight excluding hydrogens is 402 g/mol. The van der Waals surface area contributed by atoms with Gasteiger partial charge in [0.2, 0.25) is 0 Å². The van der Waals surface area contributed by atoms with Crippen LogP contribution < -0.4 is 5.32 Å². The first-order valence-electron chi connectivity index (χ1n) is 12.5. The van der Waals surface area contributed by atoms with Gasteiger partial charge in [-0.3, -0.25) is 4.99 Å². The van der Waals surface area contributed by atoms with E-state index in [4.69, 9.17) is 14.2 Å². The Labute approximate surface area is 193 Å². The maximum absolute atomic E-state index is 6.20. The summed E-state index contributed by atoms with van der Waals surface area (Å²) in [4.78, 5) is 7.02. The number of guanidine groups is 1. The Kier molecular flexibility index (Phi) is 8.44. The van der Waals surface area contributed by atoms with Crippen molar-refractivity contribution in [1.82, 2.24) is 10.2 Å². The van der Waals surface area contributed by atoms with Crippen LogP contribution in [-0.2, 0) is 19.6 Å². The van der Waals surface area contributed by atoms with Gasteiger partial charge >= 0.3 is 0 Å². The van der Waals surface area contributed by atoms with E-state index in [1.54, 1.807) is 0 Å². The molecule has 1 N–H and O–H groups in total. The highest BCUT2D eigenvalue weighted by Gasteiger charge is 2.36. The second-order valence-electron chi connectivity index (χ2n) is 9.62. The molecule has 32 heavy (non-hydrogen) atoms. The van der Waals surface area contributed by atoms with E-state index in [-0.39, 0.29) is 5.41 Å². The molecule has 1 aromatic rings. The van der Waals surface area contributed by atoms with Crippen LogP contribution in [0.2, 0.25) is 0 Å². The molecule has 3 fully saturated rings. The third-order valence-corrected chi connectivity index (χ3v) is 7.50. The lowest BCUT2D eigenvalue weighted by Crippen LogP contribution is -2.51. The number of piperidine rings is 1. The quantitative estimate of drug-likeness (QED) is 0.537. The first kappa shape index (κ1) is 23.5. The molecule has 3 aliphatic rings. The van der Waals surface area contributed by atoms with E-state index in [0.29, 0.717) is 12.2 Å². The predicted molar refractivity (Wildman–Crippen MR) is 128 cm³/mol. The fourth-order valence-electron chi connectivity index (χ4n) is 5.47. The van der Waals surface area contributed by atoms with Crippen molar-refractivity contribution in [3.8, 4) is 0 Å². The average Bonchev–Trinajstić information content (AvgIpc) is 2.85. The first-order valence-corrected chi connectivity index (χ1v) is 12.5. The number of nitrogens with one attached hydrogen (secondary N) is 1. The van der Waals surface area contributed by atoms with Crippen molar-refractivity contribution in [1.29, 1.82) is 0 Å². The van der Waals surface area contributed by atoms with Gasteiger partial charge in [0.15, 0.2) is 5.96 Å². The summed E-state index contributed by atoms with van der Waals surface area (Å²) in [5.74, 6) is 1.01. The topological polar surface area (TPSA) is 55.3 Å². The highest BCUT2D eigenvalue weighted by molar-refractivity contribution is 5.80. The maximum atomic E-state index is 6.20. The Morgan fingerprint density at radius 2 is 1.91 bits per heavy atom. The van der Waals surface area contributed by atoms with E-state index in [1.165, 1.54) is 24.0 Å². The summed E-state index contributed by atoms with van der Waals surface area (Å²) in [6.07, 6.45) is 8.42. The minimum Gasteiger partial charge on any atom is -0.381 e. The number of aliphatic imine (C=N–C) groups is 1. The molecule has 0 aromatic heterocycles. The molecule has 6 heteroatoms. The summed E-state index contributed by atoms with van der Waals surface area (Å²) >= 11 is 0. The van der Waals surface area contributed by atoms with Crippen molar-refractivity contribution in [3.05, 3.63) is 35.4 Å². The number of nitrogens with zero attached hydrogens (tertiary/aromatic N) is 2. The van der Waals surface area contributed by atoms with Gasteiger partial charge in [-0.15, -0.1) is 0 Å². The van der Waals surface area contributed by atoms with Crippen LogP contribution in [0.25, 0.3) is 0 Å². The van der Waals surface area contributed by atoms with Crippen molar-refractivity contribution in [3.63, 3.8) is 0 Å². The van der Waals surface area contributed by atoms with Gasteiger partial charge in [0, 0.05) is 51.9 Å². The second-order valence-corrected chi connectivity index (χ2v) is 9.62. The molecule has 3 aliphatic heterocycles. The summed E-state index contributed by atoms with van der Waals surface area (Å²) in [5, 5.41) is 3.73. The Hall–Kier alpha value is -1.63. The van der Waals surface area contributed by atoms with Gasteiger partial charge < -0.3 is 24.4 Å². The third kappa shape index (κ3) is 5.83. The number of ether oxygens (including phenoxy) is 3. The summed E-state index contributed by atoms with van der Waals surface area (Å²) in [6.45, 7) is 8.37. The van der Waals surface area contributed by atoms with Crippen LogP contribution in [0.4, 0.5) is 0 Å². The first-order chi connectivity index (χ1) is 15.7. The number of likely N-dealkylation sites (tertiary alicyclic amines) is 1. The summed E-state index contributed by atoms with van der Waals surface area (Å²) in [6, 6.07) is 8.82. The third-order valence-electron chi connectivity index (χ3n) is 7.50. The van der Waals surface area contributed by atoms with Crippen LogP contribution in [0.1, 0.15) is 56.1 Å². The van der Waals surface area contributed by atoms with Crippen LogP contribution in [0, 0.1) is 6.92 Å². The molecule has 1 unspecified atom stereocenters. The van der Waals surface area contributed by atoms with E-state index < -0.39 is 0 Å². The molecule has 3 saturated heterocycles. The molecule has 1 atom stereocenters. The Bertz CT molecular complexity index is 734. The van der Waals surface area contributed by atoms with Gasteiger partial charge in [-0.1, -0.05) is 24.3 Å². The van der Waals surface area contributed by atoms with Crippen LogP contribution in [0.5, 0.6) is 0 Å². The van der Waals surface area contributed by atoms with Gasteiger partial charge in [0.05, 0.1) is 18.8 Å². The second kappa shape index (κ2) is 11.5. The van der Waals surface area contributed by atoms with Gasteiger partial charge in [0.1, 0.15) is 0 Å². The van der Waals surface area contributed by atoms with E-state index in [9.17, 15) is 0 Å². The highest BCUT2D eigenvalue weighted by atomic mass is 16.5. The van der Waals surface area contributed by atoms with Crippen LogP contribution in [0.3, 0.4) is 0 Å². The zero-order chi connectivity index (χ0) is 22.2. The van der Waals surface area contributed by atoms with E-state index in [1.807, 2.05) is 7.05 Å². The summed E-state index contributed by atoms with van der Waals surface area (Å²) < 4.78 is 17.7. The van der Waals surface area contributed by atoms with Crippen LogP contribution >= 0.6 is 0 Å². The lowest BCUT2D eigenvalue weighted by molar-refractivity contribution is -0.0721. The van der Waals surface area contributed by atoms with E-state index in [0.717, 1.165) is 84.1 Å². The van der Waals surface area contributed by atoms with Gasteiger partial charge in [-0.2, -0.15) is 0 Å². The smallest absolute Gasteiger partial charge is 0.193 e. The fraction of sp³-hybridized carbons (Fsp3) is 0.731. The lowest BCUT2D eigenvalue weighted by Gasteiger charge is -2.41. The lowest BCUT2D eigenvalue weighted by atomic mass is 9.72. The molecule has 0 radical (unpaired) electrons. The Balaban J connectivity index is 1.30. The maximum Gasteiger partial charge on any atom is 0.193 e. The molecule has 0 amide bonds. The minimum absolute atomic E-state index is 0.0982. The summed E-state index contributed by atoms with van der Waals surface area (Å²) in [7, 11) is 1.90.